The molecule has 0 aliphatic heterocycles. The SMILES string of the molecule is CNc1ccc(C(=O)NC(C)CCS(C)=O)c(C)c1. The van der Waals surface area contributed by atoms with E-state index < -0.39 is 10.8 Å². The van der Waals surface area contributed by atoms with Gasteiger partial charge in [0.05, 0.1) is 0 Å². The molecule has 2 N–H and O–H groups in total. The van der Waals surface area contributed by atoms with Gasteiger partial charge in [0.15, 0.2) is 0 Å². The average molecular weight is 282 g/mol. The summed E-state index contributed by atoms with van der Waals surface area (Å²) in [6.07, 6.45) is 2.40. The molecule has 1 aromatic carbocycles. The first-order valence-electron chi connectivity index (χ1n) is 6.33. The van der Waals surface area contributed by atoms with Crippen LogP contribution in [0.1, 0.15) is 29.3 Å². The smallest absolute Gasteiger partial charge is 0.251 e. The van der Waals surface area contributed by atoms with Gasteiger partial charge in [-0.05, 0) is 44.0 Å². The summed E-state index contributed by atoms with van der Waals surface area (Å²) in [6, 6.07) is 5.68. The molecule has 4 nitrogen and oxygen atoms in total. The Hall–Kier alpha value is -1.36. The van der Waals surface area contributed by atoms with Crippen LogP contribution in [0.3, 0.4) is 0 Å². The number of hydrogen-bond acceptors (Lipinski definition) is 3. The van der Waals surface area contributed by atoms with Gasteiger partial charge in [0.1, 0.15) is 0 Å². The van der Waals surface area contributed by atoms with Gasteiger partial charge >= 0.3 is 0 Å². The molecule has 0 spiro atoms. The summed E-state index contributed by atoms with van der Waals surface area (Å²) in [5, 5.41) is 5.98. The Labute approximate surface area is 117 Å². The number of nitrogens with one attached hydrogen (secondary N) is 2. The van der Waals surface area contributed by atoms with Gasteiger partial charge in [-0.15, -0.1) is 0 Å². The summed E-state index contributed by atoms with van der Waals surface area (Å²) in [4.78, 5) is 12.1. The number of anilines is 1. The van der Waals surface area contributed by atoms with Crippen molar-refractivity contribution >= 4 is 22.4 Å². The molecular weight excluding hydrogens is 260 g/mol. The van der Waals surface area contributed by atoms with Gasteiger partial charge in [0.25, 0.3) is 5.91 Å². The number of carbonyl (C=O) groups excluding carboxylic acids is 1. The van der Waals surface area contributed by atoms with Crippen molar-refractivity contribution in [2.24, 2.45) is 0 Å². The third kappa shape index (κ3) is 5.03. The van der Waals surface area contributed by atoms with Crippen LogP contribution in [0.2, 0.25) is 0 Å². The number of carbonyl (C=O) groups is 1. The first-order chi connectivity index (χ1) is 8.93. The molecule has 19 heavy (non-hydrogen) atoms. The molecular formula is C14H22N2O2S. The number of amides is 1. The van der Waals surface area contributed by atoms with Crippen molar-refractivity contribution in [1.82, 2.24) is 5.32 Å². The van der Waals surface area contributed by atoms with E-state index >= 15 is 0 Å². The van der Waals surface area contributed by atoms with Gasteiger partial charge in [0.2, 0.25) is 0 Å². The second-order valence-electron chi connectivity index (χ2n) is 4.72. The largest absolute Gasteiger partial charge is 0.388 e. The van der Waals surface area contributed by atoms with Crippen molar-refractivity contribution < 1.29 is 9.00 Å². The van der Waals surface area contributed by atoms with E-state index in [0.717, 1.165) is 17.7 Å². The van der Waals surface area contributed by atoms with Crippen LogP contribution in [0.4, 0.5) is 5.69 Å². The number of hydrogen-bond donors (Lipinski definition) is 2. The Morgan fingerprint density at radius 3 is 2.63 bits per heavy atom. The first-order valence-corrected chi connectivity index (χ1v) is 8.06. The van der Waals surface area contributed by atoms with Crippen molar-refractivity contribution in [3.8, 4) is 0 Å². The Balaban J connectivity index is 2.65. The van der Waals surface area contributed by atoms with Crippen LogP contribution in [0.15, 0.2) is 18.2 Å². The van der Waals surface area contributed by atoms with Gasteiger partial charge in [-0.3, -0.25) is 9.00 Å². The molecule has 5 heteroatoms. The Bertz CT molecular complexity index is 475. The molecule has 0 aromatic heterocycles. The van der Waals surface area contributed by atoms with Crippen LogP contribution in [-0.4, -0.2) is 35.2 Å². The highest BCUT2D eigenvalue weighted by atomic mass is 32.2. The van der Waals surface area contributed by atoms with E-state index in [1.807, 2.05) is 39.1 Å². The van der Waals surface area contributed by atoms with Gasteiger partial charge in [0, 0.05) is 47.1 Å². The topological polar surface area (TPSA) is 58.2 Å². The molecule has 1 aromatic rings. The standard InChI is InChI=1S/C14H22N2O2S/c1-10-9-12(15-3)5-6-13(10)14(17)16-11(2)7-8-19(4)18/h5-6,9,11,15H,7-8H2,1-4H3,(H,16,17). The maximum atomic E-state index is 12.1. The summed E-state index contributed by atoms with van der Waals surface area (Å²) in [7, 11) is 1.03. The van der Waals surface area contributed by atoms with Gasteiger partial charge < -0.3 is 10.6 Å². The summed E-state index contributed by atoms with van der Waals surface area (Å²) >= 11 is 0. The second-order valence-corrected chi connectivity index (χ2v) is 6.27. The molecule has 0 saturated heterocycles. The Morgan fingerprint density at radius 2 is 2.11 bits per heavy atom. The van der Waals surface area contributed by atoms with Gasteiger partial charge in [-0.1, -0.05) is 0 Å². The Morgan fingerprint density at radius 1 is 1.42 bits per heavy atom. The quantitative estimate of drug-likeness (QED) is 0.838. The van der Waals surface area contributed by atoms with Crippen molar-refractivity contribution in [2.75, 3.05) is 24.4 Å². The third-order valence-electron chi connectivity index (χ3n) is 2.98. The molecule has 0 heterocycles. The molecule has 0 radical (unpaired) electrons. The fraction of sp³-hybridized carbons (Fsp3) is 0.500. The highest BCUT2D eigenvalue weighted by molar-refractivity contribution is 7.84. The predicted molar refractivity (Wildman–Crippen MR) is 81.2 cm³/mol. The van der Waals surface area contributed by atoms with Crippen molar-refractivity contribution in [3.05, 3.63) is 29.3 Å². The molecule has 1 amide bonds. The first kappa shape index (κ1) is 15.7. The minimum Gasteiger partial charge on any atom is -0.388 e. The molecule has 0 saturated carbocycles. The molecule has 2 unspecified atom stereocenters. The summed E-state index contributed by atoms with van der Waals surface area (Å²) in [6.45, 7) is 3.85. The normalized spacial score (nSPS) is 13.7. The zero-order valence-electron chi connectivity index (χ0n) is 11.9. The number of benzene rings is 1. The van der Waals surface area contributed by atoms with Gasteiger partial charge in [-0.2, -0.15) is 0 Å². The highest BCUT2D eigenvalue weighted by Crippen LogP contribution is 2.14. The average Bonchev–Trinajstić information content (AvgIpc) is 2.35. The van der Waals surface area contributed by atoms with Crippen LogP contribution >= 0.6 is 0 Å². The summed E-state index contributed by atoms with van der Waals surface area (Å²) < 4.78 is 11.0. The maximum Gasteiger partial charge on any atom is 0.251 e. The van der Waals surface area contributed by atoms with E-state index in [4.69, 9.17) is 0 Å². The van der Waals surface area contributed by atoms with Crippen LogP contribution in [0.25, 0.3) is 0 Å². The van der Waals surface area contributed by atoms with Crippen LogP contribution in [0, 0.1) is 6.92 Å². The van der Waals surface area contributed by atoms with Crippen molar-refractivity contribution in [3.63, 3.8) is 0 Å². The van der Waals surface area contributed by atoms with E-state index in [1.54, 1.807) is 6.26 Å². The van der Waals surface area contributed by atoms with Crippen molar-refractivity contribution in [1.29, 1.82) is 0 Å². The zero-order chi connectivity index (χ0) is 14.4. The minimum absolute atomic E-state index is 0.0276. The van der Waals surface area contributed by atoms with Crippen LogP contribution < -0.4 is 10.6 Å². The molecule has 2 atom stereocenters. The van der Waals surface area contributed by atoms with Crippen LogP contribution in [-0.2, 0) is 10.8 Å². The molecule has 0 aliphatic rings. The van der Waals surface area contributed by atoms with E-state index in [-0.39, 0.29) is 11.9 Å². The highest BCUT2D eigenvalue weighted by Gasteiger charge is 2.12. The predicted octanol–water partition coefficient (Wildman–Crippen LogP) is 1.92. The van der Waals surface area contributed by atoms with Gasteiger partial charge in [-0.25, -0.2) is 0 Å². The molecule has 1 rings (SSSR count). The van der Waals surface area contributed by atoms with E-state index in [2.05, 4.69) is 10.6 Å². The molecule has 0 fully saturated rings. The zero-order valence-corrected chi connectivity index (χ0v) is 12.8. The minimum atomic E-state index is -0.814. The Kier molecular flexibility index (Phi) is 6.02. The second kappa shape index (κ2) is 7.28. The summed E-state index contributed by atoms with van der Waals surface area (Å²) in [5.74, 6) is 0.536. The van der Waals surface area contributed by atoms with Crippen molar-refractivity contribution in [2.45, 2.75) is 26.3 Å². The lowest BCUT2D eigenvalue weighted by Gasteiger charge is -2.14. The fourth-order valence-electron chi connectivity index (χ4n) is 1.79. The maximum absolute atomic E-state index is 12.1. The lowest BCUT2D eigenvalue weighted by Crippen LogP contribution is -2.33. The lowest BCUT2D eigenvalue weighted by molar-refractivity contribution is 0.0939. The molecule has 0 aliphatic carbocycles. The summed E-state index contributed by atoms with van der Waals surface area (Å²) in [5.41, 5.74) is 2.61. The lowest BCUT2D eigenvalue weighted by atomic mass is 10.1. The third-order valence-corrected chi connectivity index (χ3v) is 3.79. The van der Waals surface area contributed by atoms with E-state index in [9.17, 15) is 9.00 Å². The molecule has 0 bridgehead atoms. The number of rotatable bonds is 6. The number of aryl methyl sites for hydroxylation is 1. The fourth-order valence-corrected chi connectivity index (χ4v) is 2.48. The van der Waals surface area contributed by atoms with E-state index in [1.165, 1.54) is 0 Å². The van der Waals surface area contributed by atoms with E-state index in [0.29, 0.717) is 11.3 Å². The van der Waals surface area contributed by atoms with Crippen LogP contribution in [0.5, 0.6) is 0 Å². The molecule has 106 valence electrons. The monoisotopic (exact) mass is 282 g/mol.